The smallest absolute Gasteiger partial charge is 0.0196 e. The fraction of sp³-hybridized carbons (Fsp3) is 0.600. The quantitative estimate of drug-likeness (QED) is 0.511. The Morgan fingerprint density at radius 3 is 3.00 bits per heavy atom. The van der Waals surface area contributed by atoms with Gasteiger partial charge >= 0.3 is 0 Å². The molecule has 0 aromatic rings. The van der Waals surface area contributed by atoms with Crippen LogP contribution in [0.15, 0.2) is 24.3 Å². The van der Waals surface area contributed by atoms with Gasteiger partial charge in [-0.1, -0.05) is 31.2 Å². The lowest BCUT2D eigenvalue weighted by Crippen LogP contribution is -1.97. The van der Waals surface area contributed by atoms with Crippen LogP contribution in [0.2, 0.25) is 0 Å². The van der Waals surface area contributed by atoms with Gasteiger partial charge in [0.05, 0.1) is 0 Å². The topological polar surface area (TPSA) is 0 Å². The molecule has 0 aromatic carbocycles. The van der Waals surface area contributed by atoms with Crippen molar-refractivity contribution in [1.82, 2.24) is 0 Å². The molecule has 1 rings (SSSR count). The third-order valence-corrected chi connectivity index (χ3v) is 1.95. The van der Waals surface area contributed by atoms with Crippen molar-refractivity contribution in [2.45, 2.75) is 32.6 Å². The van der Waals surface area contributed by atoms with Crippen LogP contribution in [-0.4, -0.2) is 0 Å². The molecule has 0 aromatic heterocycles. The van der Waals surface area contributed by atoms with E-state index in [1.54, 1.807) is 0 Å². The SMILES string of the molecule is CCC=CC1CC=CCC1. The fourth-order valence-corrected chi connectivity index (χ4v) is 1.32. The monoisotopic (exact) mass is 136 g/mol. The number of rotatable bonds is 2. The molecule has 0 amide bonds. The number of allylic oxidation sites excluding steroid dienone is 4. The molecule has 0 N–H and O–H groups in total. The van der Waals surface area contributed by atoms with Gasteiger partial charge in [-0.3, -0.25) is 0 Å². The summed E-state index contributed by atoms with van der Waals surface area (Å²) in [5.41, 5.74) is 0. The van der Waals surface area contributed by atoms with Crippen LogP contribution in [0.1, 0.15) is 32.6 Å². The van der Waals surface area contributed by atoms with Crippen molar-refractivity contribution >= 4 is 0 Å². The number of hydrogen-bond acceptors (Lipinski definition) is 0. The lowest BCUT2D eigenvalue weighted by atomic mass is 9.94. The maximum atomic E-state index is 2.36. The van der Waals surface area contributed by atoms with Crippen LogP contribution in [0, 0.1) is 5.92 Å². The van der Waals surface area contributed by atoms with E-state index in [9.17, 15) is 0 Å². The predicted octanol–water partition coefficient (Wildman–Crippen LogP) is 3.31. The molecule has 0 bridgehead atoms. The molecular formula is C10H16. The second-order valence-corrected chi connectivity index (χ2v) is 2.88. The fourth-order valence-electron chi connectivity index (χ4n) is 1.32. The number of hydrogen-bond donors (Lipinski definition) is 0. The zero-order valence-electron chi connectivity index (χ0n) is 6.72. The maximum absolute atomic E-state index is 2.36. The van der Waals surface area contributed by atoms with E-state index >= 15 is 0 Å². The third-order valence-electron chi connectivity index (χ3n) is 1.95. The molecule has 0 nitrogen and oxygen atoms in total. The first kappa shape index (κ1) is 7.59. The molecule has 0 spiro atoms. The minimum Gasteiger partial charge on any atom is -0.0885 e. The van der Waals surface area contributed by atoms with Crippen molar-refractivity contribution in [3.63, 3.8) is 0 Å². The lowest BCUT2D eigenvalue weighted by molar-refractivity contribution is 0.582. The van der Waals surface area contributed by atoms with Crippen LogP contribution in [0.3, 0.4) is 0 Å². The minimum atomic E-state index is 0.838. The highest BCUT2D eigenvalue weighted by molar-refractivity contribution is 4.98. The van der Waals surface area contributed by atoms with Crippen LogP contribution in [0.5, 0.6) is 0 Å². The van der Waals surface area contributed by atoms with Crippen molar-refractivity contribution < 1.29 is 0 Å². The molecule has 0 heteroatoms. The summed E-state index contributed by atoms with van der Waals surface area (Å²) in [6.45, 7) is 2.19. The Kier molecular flexibility index (Phi) is 3.28. The van der Waals surface area contributed by atoms with Gasteiger partial charge in [0.1, 0.15) is 0 Å². The van der Waals surface area contributed by atoms with E-state index in [0.717, 1.165) is 5.92 Å². The van der Waals surface area contributed by atoms with E-state index < -0.39 is 0 Å². The third kappa shape index (κ3) is 2.38. The molecular weight excluding hydrogens is 120 g/mol. The van der Waals surface area contributed by atoms with Crippen molar-refractivity contribution in [2.75, 3.05) is 0 Å². The van der Waals surface area contributed by atoms with Crippen molar-refractivity contribution in [3.8, 4) is 0 Å². The molecule has 0 aliphatic heterocycles. The van der Waals surface area contributed by atoms with Crippen molar-refractivity contribution in [3.05, 3.63) is 24.3 Å². The Morgan fingerprint density at radius 2 is 2.40 bits per heavy atom. The molecule has 1 aliphatic carbocycles. The molecule has 0 saturated heterocycles. The molecule has 56 valence electrons. The second kappa shape index (κ2) is 4.32. The van der Waals surface area contributed by atoms with Gasteiger partial charge in [-0.25, -0.2) is 0 Å². The van der Waals surface area contributed by atoms with Crippen LogP contribution in [-0.2, 0) is 0 Å². The lowest BCUT2D eigenvalue weighted by Gasteiger charge is -2.12. The predicted molar refractivity (Wildman–Crippen MR) is 45.9 cm³/mol. The Morgan fingerprint density at radius 1 is 1.50 bits per heavy atom. The van der Waals surface area contributed by atoms with Gasteiger partial charge in [0.25, 0.3) is 0 Å². The highest BCUT2D eigenvalue weighted by Gasteiger charge is 2.03. The average Bonchev–Trinajstić information content (AvgIpc) is 2.03. The van der Waals surface area contributed by atoms with Gasteiger partial charge in [-0.05, 0) is 31.6 Å². The Bertz CT molecular complexity index is 131. The summed E-state index contributed by atoms with van der Waals surface area (Å²) >= 11 is 0. The van der Waals surface area contributed by atoms with Gasteiger partial charge in [-0.2, -0.15) is 0 Å². The van der Waals surface area contributed by atoms with E-state index in [0.29, 0.717) is 0 Å². The first-order chi connectivity index (χ1) is 4.93. The highest BCUT2D eigenvalue weighted by Crippen LogP contribution is 2.18. The minimum absolute atomic E-state index is 0.838. The largest absolute Gasteiger partial charge is 0.0885 e. The molecule has 10 heavy (non-hydrogen) atoms. The van der Waals surface area contributed by atoms with E-state index in [1.807, 2.05) is 0 Å². The van der Waals surface area contributed by atoms with E-state index in [4.69, 9.17) is 0 Å². The summed E-state index contributed by atoms with van der Waals surface area (Å²) < 4.78 is 0. The van der Waals surface area contributed by atoms with Crippen LogP contribution in [0.25, 0.3) is 0 Å². The van der Waals surface area contributed by atoms with Gasteiger partial charge in [0.2, 0.25) is 0 Å². The average molecular weight is 136 g/mol. The molecule has 1 unspecified atom stereocenters. The molecule has 0 heterocycles. The first-order valence-corrected chi connectivity index (χ1v) is 4.25. The summed E-state index contributed by atoms with van der Waals surface area (Å²) in [6.07, 6.45) is 14.3. The first-order valence-electron chi connectivity index (χ1n) is 4.25. The van der Waals surface area contributed by atoms with E-state index in [1.165, 1.54) is 25.7 Å². The highest BCUT2D eigenvalue weighted by atomic mass is 14.1. The van der Waals surface area contributed by atoms with Crippen molar-refractivity contribution in [2.24, 2.45) is 5.92 Å². The molecule has 1 aliphatic rings. The molecule has 0 radical (unpaired) electrons. The van der Waals surface area contributed by atoms with Crippen LogP contribution in [0.4, 0.5) is 0 Å². The van der Waals surface area contributed by atoms with Crippen LogP contribution >= 0.6 is 0 Å². The Balaban J connectivity index is 2.28. The standard InChI is InChI=1S/C10H16/c1-2-3-7-10-8-5-4-6-9-10/h3-5,7,10H,2,6,8-9H2,1H3. The zero-order valence-corrected chi connectivity index (χ0v) is 6.72. The summed E-state index contributed by atoms with van der Waals surface area (Å²) in [7, 11) is 0. The van der Waals surface area contributed by atoms with E-state index in [-0.39, 0.29) is 0 Å². The van der Waals surface area contributed by atoms with Gasteiger partial charge in [0.15, 0.2) is 0 Å². The summed E-state index contributed by atoms with van der Waals surface area (Å²) in [5.74, 6) is 0.838. The molecule has 1 atom stereocenters. The van der Waals surface area contributed by atoms with Crippen molar-refractivity contribution in [1.29, 1.82) is 0 Å². The summed E-state index contributed by atoms with van der Waals surface area (Å²) in [4.78, 5) is 0. The second-order valence-electron chi connectivity index (χ2n) is 2.88. The summed E-state index contributed by atoms with van der Waals surface area (Å²) in [5, 5.41) is 0. The molecule has 0 fully saturated rings. The van der Waals surface area contributed by atoms with Gasteiger partial charge in [-0.15, -0.1) is 0 Å². The summed E-state index contributed by atoms with van der Waals surface area (Å²) in [6, 6.07) is 0. The van der Waals surface area contributed by atoms with Crippen LogP contribution < -0.4 is 0 Å². The Labute approximate surface area is 63.6 Å². The van der Waals surface area contributed by atoms with Gasteiger partial charge in [0, 0.05) is 0 Å². The molecule has 0 saturated carbocycles. The maximum Gasteiger partial charge on any atom is -0.0196 e. The van der Waals surface area contributed by atoms with E-state index in [2.05, 4.69) is 31.2 Å². The van der Waals surface area contributed by atoms with Gasteiger partial charge < -0.3 is 0 Å². The Hall–Kier alpha value is -0.520. The zero-order chi connectivity index (χ0) is 7.23. The normalized spacial score (nSPS) is 25.9.